The lowest BCUT2D eigenvalue weighted by Crippen LogP contribution is -1.93. The molecule has 1 aromatic carbocycles. The number of nitrogens with one attached hydrogen (secondary N) is 1. The molecule has 0 fully saturated rings. The molecular formula is C19H16ClFN2O. The molecule has 0 saturated carbocycles. The minimum absolute atomic E-state index is 0.218. The third-order valence-corrected chi connectivity index (χ3v) is 3.53. The van der Waals surface area contributed by atoms with E-state index >= 15 is 0 Å². The second-order valence-corrected chi connectivity index (χ2v) is 5.38. The van der Waals surface area contributed by atoms with E-state index < -0.39 is 0 Å². The van der Waals surface area contributed by atoms with Crippen molar-refractivity contribution in [3.05, 3.63) is 89.0 Å². The van der Waals surface area contributed by atoms with Crippen LogP contribution in [0.3, 0.4) is 0 Å². The zero-order chi connectivity index (χ0) is 17.5. The van der Waals surface area contributed by atoms with Crippen LogP contribution >= 0.6 is 11.6 Å². The molecule has 0 aliphatic carbocycles. The van der Waals surface area contributed by atoms with Crippen molar-refractivity contribution in [3.8, 4) is 0 Å². The van der Waals surface area contributed by atoms with Gasteiger partial charge in [0.2, 0.25) is 0 Å². The molecule has 0 spiro atoms. The highest BCUT2D eigenvalue weighted by molar-refractivity contribution is 6.31. The topological polar surface area (TPSA) is 45.8 Å². The zero-order valence-electron chi connectivity index (χ0n) is 13.1. The first-order chi connectivity index (χ1) is 11.5. The Kier molecular flexibility index (Phi) is 6.04. The molecule has 0 radical (unpaired) electrons. The minimum Gasteiger partial charge on any atom is -0.289 e. The summed E-state index contributed by atoms with van der Waals surface area (Å²) in [6.07, 6.45) is 8.27. The molecule has 3 nitrogen and oxygen atoms in total. The van der Waals surface area contributed by atoms with Gasteiger partial charge in [-0.3, -0.25) is 9.89 Å². The van der Waals surface area contributed by atoms with Gasteiger partial charge in [-0.25, -0.2) is 4.39 Å². The van der Waals surface area contributed by atoms with Crippen LogP contribution < -0.4 is 0 Å². The molecule has 5 heteroatoms. The number of carbonyl (C=O) groups excluding carboxylic acids is 1. The van der Waals surface area contributed by atoms with Crippen LogP contribution in [0.4, 0.5) is 4.39 Å². The number of hydrogen-bond acceptors (Lipinski definition) is 2. The second-order valence-electron chi connectivity index (χ2n) is 4.95. The number of hydrogen-bond donors (Lipinski definition) is 1. The number of ketones is 1. The largest absolute Gasteiger partial charge is 0.289 e. The maximum Gasteiger partial charge on any atom is 0.185 e. The van der Waals surface area contributed by atoms with Crippen molar-refractivity contribution in [2.75, 3.05) is 0 Å². The predicted molar refractivity (Wildman–Crippen MR) is 96.1 cm³/mol. The van der Waals surface area contributed by atoms with E-state index in [1.165, 1.54) is 30.3 Å². The monoisotopic (exact) mass is 342 g/mol. The lowest BCUT2D eigenvalue weighted by Gasteiger charge is -1.94. The van der Waals surface area contributed by atoms with Crippen molar-refractivity contribution >= 4 is 29.0 Å². The van der Waals surface area contributed by atoms with Crippen LogP contribution in [0, 0.1) is 5.82 Å². The van der Waals surface area contributed by atoms with Gasteiger partial charge in [0, 0.05) is 10.6 Å². The fourth-order valence-corrected chi connectivity index (χ4v) is 1.89. The van der Waals surface area contributed by atoms with Crippen LogP contribution in [0.5, 0.6) is 0 Å². The Hall–Kier alpha value is -2.72. The Labute approximate surface area is 144 Å². The Morgan fingerprint density at radius 3 is 2.62 bits per heavy atom. The van der Waals surface area contributed by atoms with Gasteiger partial charge >= 0.3 is 0 Å². The third kappa shape index (κ3) is 4.89. The average molecular weight is 343 g/mol. The van der Waals surface area contributed by atoms with Gasteiger partial charge in [0.25, 0.3) is 0 Å². The van der Waals surface area contributed by atoms with Crippen LogP contribution in [0.1, 0.15) is 28.7 Å². The first-order valence-electron chi connectivity index (χ1n) is 7.22. The Morgan fingerprint density at radius 1 is 1.25 bits per heavy atom. The third-order valence-electron chi connectivity index (χ3n) is 3.19. The fourth-order valence-electron chi connectivity index (χ4n) is 1.82. The second kappa shape index (κ2) is 8.22. The number of aromatic amines is 1. The average Bonchev–Trinajstić information content (AvgIpc) is 3.07. The van der Waals surface area contributed by atoms with Crippen LogP contribution in [0.2, 0.25) is 0 Å². The zero-order valence-corrected chi connectivity index (χ0v) is 13.8. The van der Waals surface area contributed by atoms with E-state index in [4.69, 9.17) is 11.6 Å². The molecule has 0 atom stereocenters. The lowest BCUT2D eigenvalue weighted by atomic mass is 10.1. The normalized spacial score (nSPS) is 12.2. The van der Waals surface area contributed by atoms with Gasteiger partial charge < -0.3 is 0 Å². The van der Waals surface area contributed by atoms with Crippen molar-refractivity contribution in [3.63, 3.8) is 0 Å². The number of rotatable bonds is 6. The molecule has 0 unspecified atom stereocenters. The standard InChI is InChI=1S/C19H16ClFN2O/c1-3-15(20)7-4-13(2)18-12-17(22-23-18)10-11-19(24)14-5-8-16(21)9-6-14/h3-12H,2H2,1H3,(H,22,23). The Morgan fingerprint density at radius 2 is 1.96 bits per heavy atom. The molecule has 24 heavy (non-hydrogen) atoms. The van der Waals surface area contributed by atoms with E-state index in [-0.39, 0.29) is 11.6 Å². The molecule has 0 saturated heterocycles. The van der Waals surface area contributed by atoms with Crippen molar-refractivity contribution < 1.29 is 9.18 Å². The fraction of sp³-hybridized carbons (Fsp3) is 0.0526. The summed E-state index contributed by atoms with van der Waals surface area (Å²) in [6, 6.07) is 7.16. The molecule has 1 heterocycles. The van der Waals surface area contributed by atoms with Gasteiger partial charge in [-0.1, -0.05) is 30.3 Å². The molecule has 0 amide bonds. The predicted octanol–water partition coefficient (Wildman–Crippen LogP) is 5.16. The highest BCUT2D eigenvalue weighted by Gasteiger charge is 2.04. The summed E-state index contributed by atoms with van der Waals surface area (Å²) in [5, 5.41) is 7.55. The SMILES string of the molecule is C=C(C=CC(Cl)=CC)c1cc(C=CC(=O)c2ccc(F)cc2)[nH]n1. The number of benzene rings is 1. The molecule has 0 bridgehead atoms. The molecule has 0 aliphatic heterocycles. The van der Waals surface area contributed by atoms with Gasteiger partial charge in [-0.2, -0.15) is 5.10 Å². The molecule has 0 aliphatic rings. The van der Waals surface area contributed by atoms with Crippen LogP contribution in [-0.4, -0.2) is 16.0 Å². The molecule has 122 valence electrons. The summed E-state index contributed by atoms with van der Waals surface area (Å²) in [6.45, 7) is 5.75. The highest BCUT2D eigenvalue weighted by Crippen LogP contribution is 2.15. The summed E-state index contributed by atoms with van der Waals surface area (Å²) in [5.41, 5.74) is 2.42. The molecule has 2 aromatic rings. The number of aromatic nitrogens is 2. The van der Waals surface area contributed by atoms with Gasteiger partial charge in [0.05, 0.1) is 11.4 Å². The van der Waals surface area contributed by atoms with E-state index in [9.17, 15) is 9.18 Å². The minimum atomic E-state index is -0.377. The number of allylic oxidation sites excluding steroid dienone is 6. The number of halogens is 2. The first-order valence-corrected chi connectivity index (χ1v) is 7.60. The van der Waals surface area contributed by atoms with Crippen LogP contribution in [-0.2, 0) is 0 Å². The van der Waals surface area contributed by atoms with E-state index in [2.05, 4.69) is 16.8 Å². The maximum atomic E-state index is 12.8. The number of carbonyl (C=O) groups is 1. The summed E-state index contributed by atoms with van der Waals surface area (Å²) in [7, 11) is 0. The lowest BCUT2D eigenvalue weighted by molar-refractivity contribution is 0.104. The summed E-state index contributed by atoms with van der Waals surface area (Å²) < 4.78 is 12.8. The van der Waals surface area contributed by atoms with Gasteiger partial charge in [0.15, 0.2) is 5.78 Å². The smallest absolute Gasteiger partial charge is 0.185 e. The van der Waals surface area contributed by atoms with E-state index in [1.807, 2.05) is 6.92 Å². The summed E-state index contributed by atoms with van der Waals surface area (Å²) in [5.74, 6) is -0.594. The quantitative estimate of drug-likeness (QED) is 0.448. The van der Waals surface area contributed by atoms with Crippen LogP contribution in [0.15, 0.2) is 66.2 Å². The molecular weight excluding hydrogens is 327 g/mol. The van der Waals surface area contributed by atoms with Crippen LogP contribution in [0.25, 0.3) is 11.6 Å². The Balaban J connectivity index is 2.05. The van der Waals surface area contributed by atoms with Gasteiger partial charge in [0.1, 0.15) is 5.82 Å². The number of H-pyrrole nitrogens is 1. The van der Waals surface area contributed by atoms with E-state index in [0.717, 1.165) is 0 Å². The van der Waals surface area contributed by atoms with Crippen molar-refractivity contribution in [2.24, 2.45) is 0 Å². The summed E-state index contributed by atoms with van der Waals surface area (Å²) in [4.78, 5) is 12.0. The van der Waals surface area contributed by atoms with Gasteiger partial charge in [-0.15, -0.1) is 0 Å². The highest BCUT2D eigenvalue weighted by atomic mass is 35.5. The molecule has 2 rings (SSSR count). The van der Waals surface area contributed by atoms with Crippen molar-refractivity contribution in [2.45, 2.75) is 6.92 Å². The first kappa shape index (κ1) is 17.6. The van der Waals surface area contributed by atoms with Crippen molar-refractivity contribution in [1.82, 2.24) is 10.2 Å². The number of nitrogens with zero attached hydrogens (tertiary/aromatic N) is 1. The maximum absolute atomic E-state index is 12.8. The Bertz CT molecular complexity index is 829. The van der Waals surface area contributed by atoms with E-state index in [0.29, 0.717) is 27.6 Å². The van der Waals surface area contributed by atoms with Gasteiger partial charge in [-0.05, 0) is 61.1 Å². The van der Waals surface area contributed by atoms with Crippen molar-refractivity contribution in [1.29, 1.82) is 0 Å². The molecule has 1 aromatic heterocycles. The molecule has 1 N–H and O–H groups in total. The van der Waals surface area contributed by atoms with E-state index in [1.54, 1.807) is 30.4 Å². The summed E-state index contributed by atoms with van der Waals surface area (Å²) >= 11 is 5.89.